The van der Waals surface area contributed by atoms with Crippen LogP contribution in [-0.2, 0) is 6.42 Å². The molecule has 0 radical (unpaired) electrons. The number of aromatic amines is 1. The highest BCUT2D eigenvalue weighted by atomic mass is 19.1. The number of hydrogen-bond acceptors (Lipinski definition) is 3. The quantitative estimate of drug-likeness (QED) is 0.403. The first kappa shape index (κ1) is 23.3. The maximum atomic E-state index is 13.1. The van der Waals surface area contributed by atoms with Crippen LogP contribution in [0.1, 0.15) is 25.0 Å². The lowest BCUT2D eigenvalue weighted by molar-refractivity contribution is 0.221. The fourth-order valence-electron chi connectivity index (χ4n) is 3.89. The second-order valence-corrected chi connectivity index (χ2v) is 8.38. The van der Waals surface area contributed by atoms with E-state index >= 15 is 0 Å². The van der Waals surface area contributed by atoms with Gasteiger partial charge in [-0.2, -0.15) is 5.10 Å². The van der Waals surface area contributed by atoms with Crippen LogP contribution in [0.25, 0.3) is 11.3 Å². The number of anilines is 2. The Hall–Kier alpha value is -3.88. The third-order valence-electron chi connectivity index (χ3n) is 5.82. The van der Waals surface area contributed by atoms with E-state index in [1.54, 1.807) is 35.0 Å². The van der Waals surface area contributed by atoms with Gasteiger partial charge in [0.2, 0.25) is 0 Å². The topological polar surface area (TPSA) is 93.4 Å². The molecule has 4 rings (SSSR count). The summed E-state index contributed by atoms with van der Waals surface area (Å²) in [5, 5.41) is 13.0. The molecule has 1 aromatic heterocycles. The molecular formula is C25H29FN6O2. The first-order valence-electron chi connectivity index (χ1n) is 11.5. The van der Waals surface area contributed by atoms with Crippen molar-refractivity contribution in [2.75, 3.05) is 36.9 Å². The van der Waals surface area contributed by atoms with Gasteiger partial charge in [-0.25, -0.2) is 14.0 Å². The van der Waals surface area contributed by atoms with E-state index in [2.05, 4.69) is 20.8 Å². The zero-order chi connectivity index (χ0) is 23.9. The summed E-state index contributed by atoms with van der Waals surface area (Å²) in [5.41, 5.74) is 4.14. The van der Waals surface area contributed by atoms with Gasteiger partial charge in [-0.05, 0) is 67.8 Å². The Kier molecular flexibility index (Phi) is 7.41. The maximum absolute atomic E-state index is 13.1. The monoisotopic (exact) mass is 464 g/mol. The predicted octanol–water partition coefficient (Wildman–Crippen LogP) is 4.62. The fraction of sp³-hybridized carbons (Fsp3) is 0.320. The van der Waals surface area contributed by atoms with Crippen LogP contribution in [-0.4, -0.2) is 53.8 Å². The number of benzene rings is 2. The van der Waals surface area contributed by atoms with E-state index in [4.69, 9.17) is 0 Å². The van der Waals surface area contributed by atoms with Crippen molar-refractivity contribution in [3.05, 3.63) is 66.1 Å². The number of unbranched alkanes of at least 4 members (excludes halogenated alkanes) is 2. The number of aryl methyl sites for hydroxylation is 1. The van der Waals surface area contributed by atoms with Crippen LogP contribution < -0.4 is 15.5 Å². The molecule has 1 aliphatic rings. The normalized spacial score (nSPS) is 13.1. The second-order valence-electron chi connectivity index (χ2n) is 8.38. The standard InChI is InChI=1S/C25H29FN6O2/c1-31(25(34)28-20-7-5-8-22(16-20)32-15-13-27-24(32)33)14-4-2-3-6-21-17-23(30-29-21)18-9-11-19(26)12-10-18/h5,7-12,16-17H,2-4,6,13-15H2,1H3,(H,27,33)(H,28,34)(H,29,30). The van der Waals surface area contributed by atoms with Gasteiger partial charge in [0.25, 0.3) is 0 Å². The van der Waals surface area contributed by atoms with Crippen LogP contribution in [0.3, 0.4) is 0 Å². The van der Waals surface area contributed by atoms with Gasteiger partial charge < -0.3 is 15.5 Å². The number of rotatable bonds is 9. The molecule has 178 valence electrons. The molecule has 2 aromatic carbocycles. The Balaban J connectivity index is 1.17. The summed E-state index contributed by atoms with van der Waals surface area (Å²) in [6.45, 7) is 1.88. The number of nitrogens with zero attached hydrogens (tertiary/aromatic N) is 3. The Morgan fingerprint density at radius 1 is 1.15 bits per heavy atom. The largest absolute Gasteiger partial charge is 0.336 e. The van der Waals surface area contributed by atoms with Gasteiger partial charge in [0.1, 0.15) is 5.82 Å². The number of halogens is 1. The maximum Gasteiger partial charge on any atom is 0.321 e. The van der Waals surface area contributed by atoms with Crippen molar-refractivity contribution < 1.29 is 14.0 Å². The highest BCUT2D eigenvalue weighted by Gasteiger charge is 2.21. The second kappa shape index (κ2) is 10.8. The Morgan fingerprint density at radius 2 is 1.97 bits per heavy atom. The molecule has 1 saturated heterocycles. The van der Waals surface area contributed by atoms with E-state index in [0.717, 1.165) is 48.3 Å². The molecule has 0 atom stereocenters. The molecule has 3 N–H and O–H groups in total. The summed E-state index contributed by atoms with van der Waals surface area (Å²) >= 11 is 0. The number of carbonyl (C=O) groups is 2. The highest BCUT2D eigenvalue weighted by molar-refractivity contribution is 5.95. The lowest BCUT2D eigenvalue weighted by atomic mass is 10.1. The van der Waals surface area contributed by atoms with E-state index in [-0.39, 0.29) is 17.9 Å². The number of amides is 4. The van der Waals surface area contributed by atoms with Gasteiger partial charge in [-0.1, -0.05) is 12.5 Å². The number of urea groups is 2. The van der Waals surface area contributed by atoms with E-state index in [9.17, 15) is 14.0 Å². The van der Waals surface area contributed by atoms with Gasteiger partial charge in [-0.3, -0.25) is 10.00 Å². The first-order valence-corrected chi connectivity index (χ1v) is 11.5. The predicted molar refractivity (Wildman–Crippen MR) is 130 cm³/mol. The van der Waals surface area contributed by atoms with E-state index in [1.165, 1.54) is 12.1 Å². The molecular weight excluding hydrogens is 435 g/mol. The molecule has 0 saturated carbocycles. The van der Waals surface area contributed by atoms with Crippen LogP contribution in [0.15, 0.2) is 54.6 Å². The third-order valence-corrected chi connectivity index (χ3v) is 5.82. The van der Waals surface area contributed by atoms with Crippen molar-refractivity contribution in [2.45, 2.75) is 25.7 Å². The fourth-order valence-corrected chi connectivity index (χ4v) is 3.89. The number of H-pyrrole nitrogens is 1. The zero-order valence-corrected chi connectivity index (χ0v) is 19.2. The molecule has 1 aliphatic heterocycles. The van der Waals surface area contributed by atoms with Crippen LogP contribution in [0.5, 0.6) is 0 Å². The van der Waals surface area contributed by atoms with Gasteiger partial charge >= 0.3 is 12.1 Å². The zero-order valence-electron chi connectivity index (χ0n) is 19.2. The molecule has 0 spiro atoms. The summed E-state index contributed by atoms with van der Waals surface area (Å²) in [6, 6.07) is 15.3. The smallest absolute Gasteiger partial charge is 0.321 e. The number of hydrogen-bond donors (Lipinski definition) is 3. The van der Waals surface area contributed by atoms with Gasteiger partial charge in [0, 0.05) is 49.3 Å². The summed E-state index contributed by atoms with van der Waals surface area (Å²) in [6.07, 6.45) is 3.69. The molecule has 1 fully saturated rings. The summed E-state index contributed by atoms with van der Waals surface area (Å²) in [7, 11) is 1.77. The van der Waals surface area contributed by atoms with E-state index in [1.807, 2.05) is 24.3 Å². The van der Waals surface area contributed by atoms with E-state index in [0.29, 0.717) is 25.3 Å². The molecule has 0 unspecified atom stereocenters. The molecule has 34 heavy (non-hydrogen) atoms. The Labute approximate surface area is 198 Å². The molecule has 4 amide bonds. The SMILES string of the molecule is CN(CCCCCc1cc(-c2ccc(F)cc2)n[nH]1)C(=O)Nc1cccc(N2CCNC2=O)c1. The van der Waals surface area contributed by atoms with Gasteiger partial charge in [-0.15, -0.1) is 0 Å². The van der Waals surface area contributed by atoms with Crippen molar-refractivity contribution >= 4 is 23.4 Å². The minimum absolute atomic E-state index is 0.123. The minimum atomic E-state index is -0.261. The van der Waals surface area contributed by atoms with Crippen LogP contribution in [0.2, 0.25) is 0 Å². The summed E-state index contributed by atoms with van der Waals surface area (Å²) in [5.74, 6) is -0.261. The summed E-state index contributed by atoms with van der Waals surface area (Å²) in [4.78, 5) is 27.7. The molecule has 0 aliphatic carbocycles. The summed E-state index contributed by atoms with van der Waals surface area (Å²) < 4.78 is 13.1. The molecule has 2 heterocycles. The van der Waals surface area contributed by atoms with Crippen molar-refractivity contribution in [3.63, 3.8) is 0 Å². The number of aromatic nitrogens is 2. The first-order chi connectivity index (χ1) is 16.5. The molecule has 0 bridgehead atoms. The van der Waals surface area contributed by atoms with Crippen molar-refractivity contribution in [1.29, 1.82) is 0 Å². The van der Waals surface area contributed by atoms with Crippen LogP contribution in [0.4, 0.5) is 25.4 Å². The van der Waals surface area contributed by atoms with Crippen molar-refractivity contribution in [3.8, 4) is 11.3 Å². The van der Waals surface area contributed by atoms with Gasteiger partial charge in [0.15, 0.2) is 0 Å². The highest BCUT2D eigenvalue weighted by Crippen LogP contribution is 2.22. The average molecular weight is 465 g/mol. The van der Waals surface area contributed by atoms with Crippen LogP contribution in [0, 0.1) is 5.82 Å². The third kappa shape index (κ3) is 5.92. The Bertz CT molecular complexity index is 1130. The van der Waals surface area contributed by atoms with Crippen molar-refractivity contribution in [1.82, 2.24) is 20.4 Å². The Morgan fingerprint density at radius 3 is 2.74 bits per heavy atom. The van der Waals surface area contributed by atoms with Crippen LogP contribution >= 0.6 is 0 Å². The lowest BCUT2D eigenvalue weighted by Gasteiger charge is -2.19. The number of carbonyl (C=O) groups excluding carboxylic acids is 2. The number of nitrogens with one attached hydrogen (secondary N) is 3. The lowest BCUT2D eigenvalue weighted by Crippen LogP contribution is -2.32. The molecule has 3 aromatic rings. The molecule has 8 nitrogen and oxygen atoms in total. The molecule has 9 heteroatoms. The average Bonchev–Trinajstić information content (AvgIpc) is 3.48. The van der Waals surface area contributed by atoms with Gasteiger partial charge in [0.05, 0.1) is 5.69 Å². The van der Waals surface area contributed by atoms with Crippen molar-refractivity contribution in [2.24, 2.45) is 0 Å². The minimum Gasteiger partial charge on any atom is -0.336 e. The van der Waals surface area contributed by atoms with E-state index < -0.39 is 0 Å².